The van der Waals surface area contributed by atoms with Gasteiger partial charge in [-0.1, -0.05) is 6.07 Å². The summed E-state index contributed by atoms with van der Waals surface area (Å²) in [5.74, 6) is -1.60. The third-order valence-corrected chi connectivity index (χ3v) is 3.39. The second-order valence-corrected chi connectivity index (χ2v) is 5.12. The molecule has 4 nitrogen and oxygen atoms in total. The van der Waals surface area contributed by atoms with E-state index in [1.54, 1.807) is 13.1 Å². The van der Waals surface area contributed by atoms with E-state index in [1.165, 1.54) is 12.1 Å². The third kappa shape index (κ3) is 4.91. The Morgan fingerprint density at radius 2 is 1.83 bits per heavy atom. The van der Waals surface area contributed by atoms with Crippen molar-refractivity contribution in [3.05, 3.63) is 65.0 Å². The zero-order valence-corrected chi connectivity index (χ0v) is 13.1. The molecule has 0 radical (unpaired) electrons. The van der Waals surface area contributed by atoms with Gasteiger partial charge in [-0.15, -0.1) is 0 Å². The SMILES string of the molecule is CN=C(NCCc1cc(F)ccc1F)NCc1ccc(O)c(F)c1. The quantitative estimate of drug-likeness (QED) is 0.581. The maximum absolute atomic E-state index is 13.5. The molecule has 0 saturated carbocycles. The van der Waals surface area contributed by atoms with Gasteiger partial charge in [0.15, 0.2) is 17.5 Å². The molecule has 0 amide bonds. The van der Waals surface area contributed by atoms with E-state index in [2.05, 4.69) is 15.6 Å². The van der Waals surface area contributed by atoms with E-state index in [0.717, 1.165) is 18.2 Å². The predicted molar refractivity (Wildman–Crippen MR) is 86.3 cm³/mol. The van der Waals surface area contributed by atoms with Crippen LogP contribution in [0.2, 0.25) is 0 Å². The average molecular weight is 337 g/mol. The molecule has 0 heterocycles. The van der Waals surface area contributed by atoms with Crippen LogP contribution in [0.15, 0.2) is 41.4 Å². The van der Waals surface area contributed by atoms with E-state index in [1.807, 2.05) is 0 Å². The average Bonchev–Trinajstić information content (AvgIpc) is 2.57. The van der Waals surface area contributed by atoms with E-state index in [-0.39, 0.29) is 12.0 Å². The standard InChI is InChI=1S/C17H18F3N3O/c1-21-17(23-10-11-2-5-16(24)15(20)8-11)22-7-6-12-9-13(18)3-4-14(12)19/h2-5,8-9,24H,6-7,10H2,1H3,(H2,21,22,23). The van der Waals surface area contributed by atoms with E-state index < -0.39 is 23.2 Å². The Hall–Kier alpha value is -2.70. The van der Waals surface area contributed by atoms with Crippen molar-refractivity contribution in [2.45, 2.75) is 13.0 Å². The number of nitrogens with zero attached hydrogens (tertiary/aromatic N) is 1. The minimum absolute atomic E-state index is 0.276. The second-order valence-electron chi connectivity index (χ2n) is 5.12. The van der Waals surface area contributed by atoms with Crippen molar-refractivity contribution in [1.29, 1.82) is 0 Å². The molecule has 24 heavy (non-hydrogen) atoms. The number of halogens is 3. The van der Waals surface area contributed by atoms with Crippen LogP contribution in [-0.4, -0.2) is 24.7 Å². The Labute approximate surface area is 138 Å². The van der Waals surface area contributed by atoms with Gasteiger partial charge in [0, 0.05) is 20.1 Å². The Morgan fingerprint density at radius 3 is 2.54 bits per heavy atom. The minimum Gasteiger partial charge on any atom is -0.505 e. The van der Waals surface area contributed by atoms with Crippen LogP contribution in [-0.2, 0) is 13.0 Å². The van der Waals surface area contributed by atoms with Crippen molar-refractivity contribution in [1.82, 2.24) is 10.6 Å². The highest BCUT2D eigenvalue weighted by molar-refractivity contribution is 5.79. The summed E-state index contributed by atoms with van der Waals surface area (Å²) in [5.41, 5.74) is 0.906. The molecule has 0 spiro atoms. The molecule has 2 rings (SSSR count). The molecule has 0 aliphatic carbocycles. The minimum atomic E-state index is -0.696. The van der Waals surface area contributed by atoms with Gasteiger partial charge in [-0.2, -0.15) is 0 Å². The van der Waals surface area contributed by atoms with Gasteiger partial charge in [0.2, 0.25) is 0 Å². The van der Waals surface area contributed by atoms with Gasteiger partial charge in [-0.25, -0.2) is 13.2 Å². The summed E-state index contributed by atoms with van der Waals surface area (Å²) < 4.78 is 39.9. The molecule has 128 valence electrons. The molecule has 2 aromatic carbocycles. The molecule has 2 aromatic rings. The highest BCUT2D eigenvalue weighted by Gasteiger charge is 2.05. The Kier molecular flexibility index (Phi) is 6.06. The number of nitrogens with one attached hydrogen (secondary N) is 2. The number of rotatable bonds is 5. The Bertz CT molecular complexity index is 735. The summed E-state index contributed by atoms with van der Waals surface area (Å²) in [6.45, 7) is 0.648. The normalized spacial score (nSPS) is 11.4. The number of guanidine groups is 1. The van der Waals surface area contributed by atoms with Crippen molar-refractivity contribution < 1.29 is 18.3 Å². The van der Waals surface area contributed by atoms with Gasteiger partial charge in [0.25, 0.3) is 0 Å². The van der Waals surface area contributed by atoms with Crippen molar-refractivity contribution in [2.75, 3.05) is 13.6 Å². The first-order valence-electron chi connectivity index (χ1n) is 7.35. The number of benzene rings is 2. The Morgan fingerprint density at radius 1 is 1.04 bits per heavy atom. The van der Waals surface area contributed by atoms with Crippen LogP contribution in [0.4, 0.5) is 13.2 Å². The van der Waals surface area contributed by atoms with Gasteiger partial charge >= 0.3 is 0 Å². The first-order valence-corrected chi connectivity index (χ1v) is 7.35. The van der Waals surface area contributed by atoms with Crippen LogP contribution in [0, 0.1) is 17.5 Å². The molecule has 0 saturated heterocycles. The van der Waals surface area contributed by atoms with E-state index in [9.17, 15) is 13.2 Å². The summed E-state index contributed by atoms with van der Waals surface area (Å²) in [4.78, 5) is 4.00. The zero-order valence-electron chi connectivity index (χ0n) is 13.1. The molecular weight excluding hydrogens is 319 g/mol. The molecule has 7 heteroatoms. The first-order chi connectivity index (χ1) is 11.5. The summed E-state index contributed by atoms with van der Waals surface area (Å²) in [6, 6.07) is 7.40. The van der Waals surface area contributed by atoms with Crippen molar-refractivity contribution in [3.8, 4) is 5.75 Å². The molecule has 0 aliphatic rings. The number of phenols is 1. The highest BCUT2D eigenvalue weighted by atomic mass is 19.1. The monoisotopic (exact) mass is 337 g/mol. The first kappa shape index (κ1) is 17.7. The van der Waals surface area contributed by atoms with Crippen molar-refractivity contribution >= 4 is 5.96 Å². The molecule has 0 atom stereocenters. The molecular formula is C17H18F3N3O. The maximum atomic E-state index is 13.5. The fourth-order valence-electron chi connectivity index (χ4n) is 2.12. The van der Waals surface area contributed by atoms with E-state index >= 15 is 0 Å². The molecule has 0 unspecified atom stereocenters. The molecule has 0 bridgehead atoms. The Balaban J connectivity index is 1.84. The van der Waals surface area contributed by atoms with Crippen LogP contribution in [0.25, 0.3) is 0 Å². The lowest BCUT2D eigenvalue weighted by atomic mass is 10.1. The van der Waals surface area contributed by atoms with Crippen LogP contribution in [0.5, 0.6) is 5.75 Å². The predicted octanol–water partition coefficient (Wildman–Crippen LogP) is 2.72. The number of hydrogen-bond acceptors (Lipinski definition) is 2. The van der Waals surface area contributed by atoms with Gasteiger partial charge in [-0.05, 0) is 47.9 Å². The van der Waals surface area contributed by atoms with Gasteiger partial charge < -0.3 is 15.7 Å². The second kappa shape index (κ2) is 8.24. The number of hydrogen-bond donors (Lipinski definition) is 3. The van der Waals surface area contributed by atoms with Gasteiger partial charge in [-0.3, -0.25) is 4.99 Å². The zero-order chi connectivity index (χ0) is 17.5. The van der Waals surface area contributed by atoms with Gasteiger partial charge in [0.05, 0.1) is 0 Å². The van der Waals surface area contributed by atoms with Crippen molar-refractivity contribution in [2.24, 2.45) is 4.99 Å². The third-order valence-electron chi connectivity index (χ3n) is 3.39. The lowest BCUT2D eigenvalue weighted by Gasteiger charge is -2.12. The van der Waals surface area contributed by atoms with Crippen LogP contribution in [0.3, 0.4) is 0 Å². The number of aliphatic imine (C=N–C) groups is 1. The van der Waals surface area contributed by atoms with E-state index in [4.69, 9.17) is 5.11 Å². The van der Waals surface area contributed by atoms with Crippen LogP contribution in [0.1, 0.15) is 11.1 Å². The topological polar surface area (TPSA) is 56.7 Å². The summed E-state index contributed by atoms with van der Waals surface area (Å²) >= 11 is 0. The molecule has 0 aliphatic heterocycles. The summed E-state index contributed by atoms with van der Waals surface area (Å²) in [7, 11) is 1.56. The number of phenolic OH excluding ortho intramolecular Hbond substituents is 1. The fourth-order valence-corrected chi connectivity index (χ4v) is 2.12. The smallest absolute Gasteiger partial charge is 0.191 e. The molecule has 0 fully saturated rings. The van der Waals surface area contributed by atoms with Gasteiger partial charge in [0.1, 0.15) is 11.6 Å². The van der Waals surface area contributed by atoms with Crippen LogP contribution < -0.4 is 10.6 Å². The van der Waals surface area contributed by atoms with Crippen molar-refractivity contribution in [3.63, 3.8) is 0 Å². The number of aromatic hydroxyl groups is 1. The fraction of sp³-hybridized carbons (Fsp3) is 0.235. The molecule has 3 N–H and O–H groups in total. The molecule has 0 aromatic heterocycles. The van der Waals surface area contributed by atoms with E-state index in [0.29, 0.717) is 24.6 Å². The lowest BCUT2D eigenvalue weighted by molar-refractivity contribution is 0.431. The summed E-state index contributed by atoms with van der Waals surface area (Å²) in [5, 5.41) is 15.1. The maximum Gasteiger partial charge on any atom is 0.191 e. The van der Waals surface area contributed by atoms with Crippen LogP contribution >= 0.6 is 0 Å². The lowest BCUT2D eigenvalue weighted by Crippen LogP contribution is -2.37. The highest BCUT2D eigenvalue weighted by Crippen LogP contribution is 2.15. The largest absolute Gasteiger partial charge is 0.505 e. The summed E-state index contributed by atoms with van der Waals surface area (Å²) in [6.07, 6.45) is 0.290.